The molecule has 20 heavy (non-hydrogen) atoms. The van der Waals surface area contributed by atoms with E-state index in [9.17, 15) is 0 Å². The van der Waals surface area contributed by atoms with Crippen molar-refractivity contribution in [1.82, 2.24) is 0 Å². The molecule has 0 aromatic heterocycles. The molecule has 0 nitrogen and oxygen atoms in total. The lowest BCUT2D eigenvalue weighted by Gasteiger charge is -2.21. The zero-order valence-electron chi connectivity index (χ0n) is 13.6. The smallest absolute Gasteiger partial charge is 0.0146 e. The Labute approximate surface area is 124 Å². The second-order valence-corrected chi connectivity index (χ2v) is 5.67. The first-order valence-corrected chi connectivity index (χ1v) is 8.32. The lowest BCUT2D eigenvalue weighted by Crippen LogP contribution is -2.06. The number of fused-ring (bicyclic) bond motifs is 1. The third kappa shape index (κ3) is 2.61. The van der Waals surface area contributed by atoms with Crippen molar-refractivity contribution in [3.05, 3.63) is 46.5 Å². The fourth-order valence-electron chi connectivity index (χ4n) is 3.62. The summed E-state index contributed by atoms with van der Waals surface area (Å²) < 4.78 is 0. The van der Waals surface area contributed by atoms with E-state index in [1.165, 1.54) is 42.9 Å². The number of hydrogen-bond acceptors (Lipinski definition) is 0. The van der Waals surface area contributed by atoms with Gasteiger partial charge >= 0.3 is 0 Å². The van der Waals surface area contributed by atoms with Crippen LogP contribution in [0.5, 0.6) is 0 Å². The van der Waals surface area contributed by atoms with Gasteiger partial charge in [-0.1, -0.05) is 64.8 Å². The van der Waals surface area contributed by atoms with Crippen molar-refractivity contribution in [2.75, 3.05) is 0 Å². The minimum Gasteiger partial charge on any atom is -0.0651 e. The average molecular weight is 268 g/mol. The third-order valence-electron chi connectivity index (χ3n) is 4.38. The molecule has 0 aliphatic heterocycles. The van der Waals surface area contributed by atoms with Crippen molar-refractivity contribution in [1.29, 1.82) is 0 Å². The van der Waals surface area contributed by atoms with Crippen molar-refractivity contribution in [3.63, 3.8) is 0 Å². The molecule has 0 heterocycles. The lowest BCUT2D eigenvalue weighted by molar-refractivity contribution is 0.845. The number of hydrogen-bond donors (Lipinski definition) is 0. The van der Waals surface area contributed by atoms with Gasteiger partial charge in [-0.2, -0.15) is 0 Å². The molecule has 0 radical (unpaired) electrons. The minimum atomic E-state index is 1.15. The topological polar surface area (TPSA) is 0 Å². The predicted octanol–water partition coefficient (Wildman–Crippen LogP) is 5.87. The SMILES string of the molecule is CCCc1c(CC)c(CC)c2ccccc2c1CCC. The van der Waals surface area contributed by atoms with E-state index in [2.05, 4.69) is 52.0 Å². The molecule has 0 spiro atoms. The minimum absolute atomic E-state index is 1.15. The monoisotopic (exact) mass is 268 g/mol. The van der Waals surface area contributed by atoms with E-state index in [0.717, 1.165) is 6.42 Å². The van der Waals surface area contributed by atoms with E-state index in [1.54, 1.807) is 22.3 Å². The number of benzene rings is 2. The highest BCUT2D eigenvalue weighted by Gasteiger charge is 2.15. The fraction of sp³-hybridized carbons (Fsp3) is 0.500. The molecule has 2 aromatic carbocycles. The molecular weight excluding hydrogens is 240 g/mol. The Balaban J connectivity index is 2.85. The summed E-state index contributed by atoms with van der Waals surface area (Å²) in [5.74, 6) is 0. The van der Waals surface area contributed by atoms with E-state index in [4.69, 9.17) is 0 Å². The molecular formula is C20H28. The van der Waals surface area contributed by atoms with E-state index in [0.29, 0.717) is 0 Å². The van der Waals surface area contributed by atoms with Crippen LogP contribution < -0.4 is 0 Å². The van der Waals surface area contributed by atoms with Gasteiger partial charge in [-0.25, -0.2) is 0 Å². The van der Waals surface area contributed by atoms with Gasteiger partial charge in [-0.05, 0) is 58.7 Å². The summed E-state index contributed by atoms with van der Waals surface area (Å²) in [6.45, 7) is 9.22. The maximum absolute atomic E-state index is 2.33. The second kappa shape index (κ2) is 6.92. The Hall–Kier alpha value is -1.30. The van der Waals surface area contributed by atoms with Crippen LogP contribution >= 0.6 is 0 Å². The normalized spacial score (nSPS) is 11.2. The van der Waals surface area contributed by atoms with Crippen LogP contribution in [-0.2, 0) is 25.7 Å². The van der Waals surface area contributed by atoms with Gasteiger partial charge in [0.2, 0.25) is 0 Å². The van der Waals surface area contributed by atoms with Gasteiger partial charge in [-0.15, -0.1) is 0 Å². The van der Waals surface area contributed by atoms with Crippen LogP contribution in [0, 0.1) is 0 Å². The quantitative estimate of drug-likeness (QED) is 0.614. The van der Waals surface area contributed by atoms with Crippen LogP contribution in [0.2, 0.25) is 0 Å². The highest BCUT2D eigenvalue weighted by atomic mass is 14.2. The van der Waals surface area contributed by atoms with Crippen molar-refractivity contribution in [2.45, 2.75) is 66.2 Å². The summed E-state index contributed by atoms with van der Waals surface area (Å²) in [5.41, 5.74) is 6.51. The molecule has 0 fully saturated rings. The van der Waals surface area contributed by atoms with Crippen molar-refractivity contribution in [3.8, 4) is 0 Å². The van der Waals surface area contributed by atoms with Gasteiger partial charge in [0.25, 0.3) is 0 Å². The van der Waals surface area contributed by atoms with Gasteiger partial charge in [0.05, 0.1) is 0 Å². The van der Waals surface area contributed by atoms with Gasteiger partial charge in [0, 0.05) is 0 Å². The number of rotatable bonds is 6. The number of aryl methyl sites for hydroxylation is 2. The molecule has 0 amide bonds. The molecule has 2 rings (SSSR count). The van der Waals surface area contributed by atoms with Gasteiger partial charge in [0.1, 0.15) is 0 Å². The zero-order chi connectivity index (χ0) is 14.5. The molecule has 0 N–H and O–H groups in total. The van der Waals surface area contributed by atoms with Crippen LogP contribution in [0.1, 0.15) is 62.8 Å². The summed E-state index contributed by atoms with van der Waals surface area (Å²) in [7, 11) is 0. The Morgan fingerprint density at radius 2 is 1.10 bits per heavy atom. The molecule has 0 aliphatic rings. The van der Waals surface area contributed by atoms with Crippen molar-refractivity contribution < 1.29 is 0 Å². The van der Waals surface area contributed by atoms with Gasteiger partial charge in [0.15, 0.2) is 0 Å². The van der Waals surface area contributed by atoms with Crippen LogP contribution in [0.15, 0.2) is 24.3 Å². The first-order chi connectivity index (χ1) is 9.78. The van der Waals surface area contributed by atoms with Crippen LogP contribution in [0.4, 0.5) is 0 Å². The Morgan fingerprint density at radius 3 is 1.60 bits per heavy atom. The first kappa shape index (κ1) is 15.1. The maximum Gasteiger partial charge on any atom is -0.0146 e. The molecule has 0 aliphatic carbocycles. The second-order valence-electron chi connectivity index (χ2n) is 5.67. The van der Waals surface area contributed by atoms with E-state index >= 15 is 0 Å². The Kier molecular flexibility index (Phi) is 5.23. The summed E-state index contributed by atoms with van der Waals surface area (Å²) in [5, 5.41) is 3.00. The predicted molar refractivity (Wildman–Crippen MR) is 90.7 cm³/mol. The summed E-state index contributed by atoms with van der Waals surface area (Å²) >= 11 is 0. The molecule has 2 aromatic rings. The summed E-state index contributed by atoms with van der Waals surface area (Å²) in [4.78, 5) is 0. The van der Waals surface area contributed by atoms with E-state index < -0.39 is 0 Å². The molecule has 0 unspecified atom stereocenters. The average Bonchev–Trinajstić information content (AvgIpc) is 2.49. The zero-order valence-corrected chi connectivity index (χ0v) is 13.6. The highest BCUT2D eigenvalue weighted by molar-refractivity contribution is 5.91. The largest absolute Gasteiger partial charge is 0.0651 e. The van der Waals surface area contributed by atoms with Crippen LogP contribution in [0.25, 0.3) is 10.8 Å². The molecule has 0 saturated carbocycles. The van der Waals surface area contributed by atoms with E-state index in [-0.39, 0.29) is 0 Å². The lowest BCUT2D eigenvalue weighted by atomic mass is 9.84. The summed E-state index contributed by atoms with van der Waals surface area (Å²) in [6.07, 6.45) is 7.23. The molecule has 0 atom stereocenters. The molecule has 0 saturated heterocycles. The maximum atomic E-state index is 2.33. The molecule has 0 heteroatoms. The van der Waals surface area contributed by atoms with Crippen LogP contribution in [-0.4, -0.2) is 0 Å². The van der Waals surface area contributed by atoms with Crippen molar-refractivity contribution >= 4 is 10.8 Å². The van der Waals surface area contributed by atoms with Gasteiger partial charge < -0.3 is 0 Å². The molecule has 108 valence electrons. The Bertz CT molecular complexity index is 578. The van der Waals surface area contributed by atoms with Crippen LogP contribution in [0.3, 0.4) is 0 Å². The Morgan fingerprint density at radius 1 is 0.600 bits per heavy atom. The molecule has 0 bridgehead atoms. The summed E-state index contributed by atoms with van der Waals surface area (Å²) in [6, 6.07) is 9.04. The first-order valence-electron chi connectivity index (χ1n) is 8.32. The highest BCUT2D eigenvalue weighted by Crippen LogP contribution is 2.33. The standard InChI is InChI=1S/C20H28/c1-5-11-17-15(7-3)16(8-4)19-13-9-10-14-20(19)18(17)12-6-2/h9-10,13-14H,5-8,11-12H2,1-4H3. The van der Waals surface area contributed by atoms with E-state index in [1.807, 2.05) is 0 Å². The fourth-order valence-corrected chi connectivity index (χ4v) is 3.62. The van der Waals surface area contributed by atoms with Gasteiger partial charge in [-0.3, -0.25) is 0 Å². The third-order valence-corrected chi connectivity index (χ3v) is 4.38. The van der Waals surface area contributed by atoms with Crippen molar-refractivity contribution in [2.24, 2.45) is 0 Å².